The lowest BCUT2D eigenvalue weighted by atomic mass is 9.96. The van der Waals surface area contributed by atoms with E-state index in [2.05, 4.69) is 31.3 Å². The molecule has 0 saturated carbocycles. The van der Waals surface area contributed by atoms with Crippen molar-refractivity contribution in [1.82, 2.24) is 5.32 Å². The Hall–Kier alpha value is -0.900. The Kier molecular flexibility index (Phi) is 6.19. The van der Waals surface area contributed by atoms with Crippen LogP contribution in [0.15, 0.2) is 24.3 Å². The number of aliphatic hydroxyl groups is 2. The molecule has 0 heterocycles. The molecule has 0 amide bonds. The third-order valence-electron chi connectivity index (χ3n) is 3.13. The number of hydrogen-bond donors (Lipinski definition) is 3. The SMILES string of the molecule is CCC(C)c1ccc(C(O)CNCCO)cc1. The fraction of sp³-hybridized carbons (Fsp3) is 0.571. The summed E-state index contributed by atoms with van der Waals surface area (Å²) in [4.78, 5) is 0. The van der Waals surface area contributed by atoms with Gasteiger partial charge in [-0.15, -0.1) is 0 Å². The second-order valence-corrected chi connectivity index (χ2v) is 4.42. The zero-order valence-electron chi connectivity index (χ0n) is 10.7. The third kappa shape index (κ3) is 4.46. The molecule has 0 aliphatic rings. The maximum atomic E-state index is 9.89. The van der Waals surface area contributed by atoms with Crippen molar-refractivity contribution < 1.29 is 10.2 Å². The molecule has 2 unspecified atom stereocenters. The lowest BCUT2D eigenvalue weighted by molar-refractivity contribution is 0.171. The first-order chi connectivity index (χ1) is 8.19. The van der Waals surface area contributed by atoms with E-state index >= 15 is 0 Å². The predicted octanol–water partition coefficient (Wildman–Crippen LogP) is 1.82. The van der Waals surface area contributed by atoms with Gasteiger partial charge in [0.2, 0.25) is 0 Å². The average Bonchev–Trinajstić information content (AvgIpc) is 2.38. The molecule has 3 heteroatoms. The van der Waals surface area contributed by atoms with E-state index in [0.717, 1.165) is 12.0 Å². The maximum absolute atomic E-state index is 9.89. The summed E-state index contributed by atoms with van der Waals surface area (Å²) in [6.07, 6.45) is 0.618. The number of hydrogen-bond acceptors (Lipinski definition) is 3. The first-order valence-corrected chi connectivity index (χ1v) is 6.28. The number of nitrogens with one attached hydrogen (secondary N) is 1. The zero-order valence-corrected chi connectivity index (χ0v) is 10.7. The molecule has 0 spiro atoms. The van der Waals surface area contributed by atoms with Crippen molar-refractivity contribution in [2.45, 2.75) is 32.3 Å². The minimum atomic E-state index is -0.507. The summed E-state index contributed by atoms with van der Waals surface area (Å²) in [7, 11) is 0. The van der Waals surface area contributed by atoms with E-state index in [0.29, 0.717) is 19.0 Å². The van der Waals surface area contributed by atoms with Gasteiger partial charge in [-0.25, -0.2) is 0 Å². The molecule has 0 aromatic heterocycles. The Balaban J connectivity index is 2.54. The molecule has 1 aromatic rings. The zero-order chi connectivity index (χ0) is 12.7. The normalized spacial score (nSPS) is 14.6. The molecule has 3 nitrogen and oxygen atoms in total. The van der Waals surface area contributed by atoms with Crippen LogP contribution < -0.4 is 5.32 Å². The van der Waals surface area contributed by atoms with Gasteiger partial charge >= 0.3 is 0 Å². The van der Waals surface area contributed by atoms with E-state index in [1.165, 1.54) is 5.56 Å². The second-order valence-electron chi connectivity index (χ2n) is 4.42. The quantitative estimate of drug-likeness (QED) is 0.634. The highest BCUT2D eigenvalue weighted by Crippen LogP contribution is 2.21. The highest BCUT2D eigenvalue weighted by atomic mass is 16.3. The molecular formula is C14H23NO2. The highest BCUT2D eigenvalue weighted by molar-refractivity contribution is 5.26. The van der Waals surface area contributed by atoms with Crippen LogP contribution in [0.25, 0.3) is 0 Å². The van der Waals surface area contributed by atoms with Crippen LogP contribution in [0.4, 0.5) is 0 Å². The van der Waals surface area contributed by atoms with Gasteiger partial charge in [0.25, 0.3) is 0 Å². The second kappa shape index (κ2) is 7.43. The molecule has 0 fully saturated rings. The van der Waals surface area contributed by atoms with Crippen LogP contribution >= 0.6 is 0 Å². The summed E-state index contributed by atoms with van der Waals surface area (Å²) < 4.78 is 0. The first-order valence-electron chi connectivity index (χ1n) is 6.28. The molecule has 0 aliphatic heterocycles. The summed E-state index contributed by atoms with van der Waals surface area (Å²) in [6, 6.07) is 8.12. The van der Waals surface area contributed by atoms with Crippen molar-refractivity contribution in [3.8, 4) is 0 Å². The van der Waals surface area contributed by atoms with Crippen LogP contribution in [0, 0.1) is 0 Å². The molecule has 1 rings (SSSR count). The molecule has 0 saturated heterocycles. The van der Waals surface area contributed by atoms with Crippen molar-refractivity contribution in [2.75, 3.05) is 19.7 Å². The van der Waals surface area contributed by atoms with Crippen molar-refractivity contribution >= 4 is 0 Å². The van der Waals surface area contributed by atoms with E-state index in [1.807, 2.05) is 12.1 Å². The monoisotopic (exact) mass is 237 g/mol. The van der Waals surface area contributed by atoms with Crippen LogP contribution in [0.2, 0.25) is 0 Å². The van der Waals surface area contributed by atoms with Crippen molar-refractivity contribution in [3.05, 3.63) is 35.4 Å². The van der Waals surface area contributed by atoms with Gasteiger partial charge in [0.05, 0.1) is 12.7 Å². The van der Waals surface area contributed by atoms with Crippen LogP contribution in [0.5, 0.6) is 0 Å². The van der Waals surface area contributed by atoms with Crippen LogP contribution in [0.3, 0.4) is 0 Å². The standard InChI is InChI=1S/C14H23NO2/c1-3-11(2)12-4-6-13(7-5-12)14(17)10-15-8-9-16/h4-7,11,14-17H,3,8-10H2,1-2H3. The van der Waals surface area contributed by atoms with Gasteiger partial charge in [0.1, 0.15) is 0 Å². The fourth-order valence-corrected chi connectivity index (χ4v) is 1.72. The van der Waals surface area contributed by atoms with E-state index in [4.69, 9.17) is 5.11 Å². The molecular weight excluding hydrogens is 214 g/mol. The van der Waals surface area contributed by atoms with Crippen molar-refractivity contribution in [2.24, 2.45) is 0 Å². The molecule has 0 aliphatic carbocycles. The summed E-state index contributed by atoms with van der Waals surface area (Å²) >= 11 is 0. The largest absolute Gasteiger partial charge is 0.395 e. The lowest BCUT2D eigenvalue weighted by Crippen LogP contribution is -2.24. The molecule has 17 heavy (non-hydrogen) atoms. The molecule has 0 radical (unpaired) electrons. The Labute approximate surface area is 103 Å². The van der Waals surface area contributed by atoms with Crippen LogP contribution in [-0.4, -0.2) is 29.9 Å². The van der Waals surface area contributed by atoms with Crippen molar-refractivity contribution in [1.29, 1.82) is 0 Å². The molecule has 3 N–H and O–H groups in total. The molecule has 2 atom stereocenters. The van der Waals surface area contributed by atoms with Crippen molar-refractivity contribution in [3.63, 3.8) is 0 Å². The maximum Gasteiger partial charge on any atom is 0.0914 e. The predicted molar refractivity (Wildman–Crippen MR) is 70.1 cm³/mol. The Morgan fingerprint density at radius 2 is 1.76 bits per heavy atom. The van der Waals surface area contributed by atoms with E-state index in [-0.39, 0.29) is 6.61 Å². The summed E-state index contributed by atoms with van der Waals surface area (Å²) in [5, 5.41) is 21.5. The van der Waals surface area contributed by atoms with Gasteiger partial charge in [0, 0.05) is 13.1 Å². The number of aliphatic hydroxyl groups excluding tert-OH is 2. The third-order valence-corrected chi connectivity index (χ3v) is 3.13. The van der Waals surface area contributed by atoms with Gasteiger partial charge in [0.15, 0.2) is 0 Å². The Morgan fingerprint density at radius 3 is 2.29 bits per heavy atom. The van der Waals surface area contributed by atoms with Gasteiger partial charge < -0.3 is 15.5 Å². The molecule has 96 valence electrons. The number of rotatable bonds is 7. The van der Waals surface area contributed by atoms with Gasteiger partial charge in [-0.3, -0.25) is 0 Å². The minimum Gasteiger partial charge on any atom is -0.395 e. The Morgan fingerprint density at radius 1 is 1.18 bits per heavy atom. The van der Waals surface area contributed by atoms with Gasteiger partial charge in [-0.1, -0.05) is 38.1 Å². The van der Waals surface area contributed by atoms with Crippen LogP contribution in [0.1, 0.15) is 43.4 Å². The summed E-state index contributed by atoms with van der Waals surface area (Å²) in [6.45, 7) is 5.46. The van der Waals surface area contributed by atoms with Crippen LogP contribution in [-0.2, 0) is 0 Å². The Bertz CT molecular complexity index is 311. The van der Waals surface area contributed by atoms with Gasteiger partial charge in [-0.05, 0) is 23.5 Å². The highest BCUT2D eigenvalue weighted by Gasteiger charge is 2.08. The summed E-state index contributed by atoms with van der Waals surface area (Å²) in [5.74, 6) is 0.564. The first kappa shape index (κ1) is 14.2. The fourth-order valence-electron chi connectivity index (χ4n) is 1.72. The van der Waals surface area contributed by atoms with E-state index < -0.39 is 6.10 Å². The average molecular weight is 237 g/mol. The van der Waals surface area contributed by atoms with Gasteiger partial charge in [-0.2, -0.15) is 0 Å². The lowest BCUT2D eigenvalue weighted by Gasteiger charge is -2.14. The minimum absolute atomic E-state index is 0.0969. The summed E-state index contributed by atoms with van der Waals surface area (Å²) in [5.41, 5.74) is 2.23. The van der Waals surface area contributed by atoms with E-state index in [1.54, 1.807) is 0 Å². The molecule has 0 bridgehead atoms. The topological polar surface area (TPSA) is 52.5 Å². The molecule has 1 aromatic carbocycles. The van der Waals surface area contributed by atoms with E-state index in [9.17, 15) is 5.11 Å². The smallest absolute Gasteiger partial charge is 0.0914 e. The number of benzene rings is 1.